The molecule has 1 atom stereocenters. The molecule has 0 fully saturated rings. The van der Waals surface area contributed by atoms with Crippen molar-refractivity contribution >= 4 is 35.8 Å². The van der Waals surface area contributed by atoms with E-state index in [1.165, 1.54) is 5.56 Å². The standard InChI is InChI=1S/C23H35N5O2.HI/c1-5-28(6-2)21(19-11-8-7-9-12-19)17-25-23(26-18-22(29)27(3)4)24-15-14-20-13-10-16-30-20;/h7-13,16,21H,5-6,14-15,17-18H2,1-4H3,(H2,24,25,26);1H. The summed E-state index contributed by atoms with van der Waals surface area (Å²) in [6.07, 6.45) is 2.42. The molecule has 172 valence electrons. The van der Waals surface area contributed by atoms with Crippen molar-refractivity contribution in [3.05, 3.63) is 60.1 Å². The molecule has 1 aromatic heterocycles. The third-order valence-electron chi connectivity index (χ3n) is 5.02. The first-order valence-corrected chi connectivity index (χ1v) is 10.6. The summed E-state index contributed by atoms with van der Waals surface area (Å²) in [6.45, 7) is 7.71. The highest BCUT2D eigenvalue weighted by molar-refractivity contribution is 14.0. The van der Waals surface area contributed by atoms with Gasteiger partial charge < -0.3 is 20.0 Å². The molecule has 0 aliphatic rings. The zero-order chi connectivity index (χ0) is 21.8. The van der Waals surface area contributed by atoms with Crippen molar-refractivity contribution in [3.63, 3.8) is 0 Å². The number of likely N-dealkylation sites (N-methyl/N-ethyl adjacent to an activating group) is 2. The van der Waals surface area contributed by atoms with E-state index in [2.05, 4.69) is 58.6 Å². The number of hydrogen-bond donors (Lipinski definition) is 2. The average Bonchev–Trinajstić information content (AvgIpc) is 3.28. The number of carbonyl (C=O) groups excluding carboxylic acids is 1. The molecule has 0 spiro atoms. The lowest BCUT2D eigenvalue weighted by atomic mass is 10.1. The van der Waals surface area contributed by atoms with Crippen LogP contribution in [0.25, 0.3) is 0 Å². The Morgan fingerprint density at radius 1 is 1.06 bits per heavy atom. The highest BCUT2D eigenvalue weighted by Crippen LogP contribution is 2.19. The van der Waals surface area contributed by atoms with Gasteiger partial charge >= 0.3 is 0 Å². The van der Waals surface area contributed by atoms with Crippen molar-refractivity contribution in [2.75, 3.05) is 46.8 Å². The average molecular weight is 541 g/mol. The predicted molar refractivity (Wildman–Crippen MR) is 137 cm³/mol. The molecule has 1 amide bonds. The summed E-state index contributed by atoms with van der Waals surface area (Å²) in [7, 11) is 3.47. The molecule has 2 N–H and O–H groups in total. The van der Waals surface area contributed by atoms with Crippen LogP contribution in [0.4, 0.5) is 0 Å². The van der Waals surface area contributed by atoms with Gasteiger partial charge in [-0.05, 0) is 30.8 Å². The molecule has 0 radical (unpaired) electrons. The topological polar surface area (TPSA) is 73.1 Å². The van der Waals surface area contributed by atoms with E-state index in [9.17, 15) is 4.79 Å². The summed E-state index contributed by atoms with van der Waals surface area (Å²) >= 11 is 0. The van der Waals surface area contributed by atoms with Crippen LogP contribution in [-0.4, -0.2) is 68.5 Å². The normalized spacial score (nSPS) is 12.2. The van der Waals surface area contributed by atoms with E-state index in [1.807, 2.05) is 18.2 Å². The number of carbonyl (C=O) groups is 1. The maximum atomic E-state index is 12.0. The second kappa shape index (κ2) is 14.9. The zero-order valence-electron chi connectivity index (χ0n) is 19.0. The van der Waals surface area contributed by atoms with Crippen LogP contribution in [0.2, 0.25) is 0 Å². The summed E-state index contributed by atoms with van der Waals surface area (Å²) in [5.41, 5.74) is 1.26. The molecular formula is C23H36IN5O2. The number of aliphatic imine (C=N–C) groups is 1. The van der Waals surface area contributed by atoms with Gasteiger partial charge in [0.05, 0.1) is 12.3 Å². The molecule has 0 saturated carbocycles. The van der Waals surface area contributed by atoms with Gasteiger partial charge in [0.15, 0.2) is 5.96 Å². The minimum absolute atomic E-state index is 0. The van der Waals surface area contributed by atoms with Crippen molar-refractivity contribution in [2.45, 2.75) is 26.3 Å². The van der Waals surface area contributed by atoms with E-state index >= 15 is 0 Å². The third-order valence-corrected chi connectivity index (χ3v) is 5.02. The van der Waals surface area contributed by atoms with Crippen LogP contribution in [-0.2, 0) is 11.2 Å². The molecule has 2 rings (SSSR count). The lowest BCUT2D eigenvalue weighted by molar-refractivity contribution is -0.127. The Hall–Kier alpha value is -2.07. The van der Waals surface area contributed by atoms with Crippen molar-refractivity contribution < 1.29 is 9.21 Å². The fraction of sp³-hybridized carbons (Fsp3) is 0.478. The lowest BCUT2D eigenvalue weighted by Crippen LogP contribution is -2.44. The molecule has 31 heavy (non-hydrogen) atoms. The molecule has 8 heteroatoms. The molecule has 0 saturated heterocycles. The molecule has 1 aromatic carbocycles. The molecule has 0 bridgehead atoms. The van der Waals surface area contributed by atoms with Gasteiger partial charge in [-0.3, -0.25) is 9.69 Å². The van der Waals surface area contributed by atoms with Gasteiger partial charge in [-0.15, -0.1) is 24.0 Å². The minimum atomic E-state index is -0.0366. The van der Waals surface area contributed by atoms with Crippen LogP contribution in [0.15, 0.2) is 58.1 Å². The zero-order valence-corrected chi connectivity index (χ0v) is 21.3. The van der Waals surface area contributed by atoms with E-state index in [4.69, 9.17) is 4.42 Å². The van der Waals surface area contributed by atoms with Crippen LogP contribution in [0.5, 0.6) is 0 Å². The summed E-state index contributed by atoms with van der Waals surface area (Å²) in [6, 6.07) is 14.5. The van der Waals surface area contributed by atoms with Crippen molar-refractivity contribution in [2.24, 2.45) is 4.99 Å². The first kappa shape index (κ1) is 27.0. The van der Waals surface area contributed by atoms with Crippen LogP contribution >= 0.6 is 24.0 Å². The second-order valence-electron chi connectivity index (χ2n) is 7.24. The second-order valence-corrected chi connectivity index (χ2v) is 7.24. The summed E-state index contributed by atoms with van der Waals surface area (Å²) in [4.78, 5) is 20.5. The van der Waals surface area contributed by atoms with Gasteiger partial charge in [0.2, 0.25) is 5.91 Å². The number of nitrogens with one attached hydrogen (secondary N) is 2. The number of furan rings is 1. The Labute approximate surface area is 203 Å². The Balaban J connectivity index is 0.00000480. The number of rotatable bonds is 11. The Morgan fingerprint density at radius 2 is 1.77 bits per heavy atom. The number of halogens is 1. The largest absolute Gasteiger partial charge is 0.469 e. The van der Waals surface area contributed by atoms with E-state index in [-0.39, 0.29) is 42.5 Å². The highest BCUT2D eigenvalue weighted by atomic mass is 127. The van der Waals surface area contributed by atoms with Crippen LogP contribution in [0, 0.1) is 0 Å². The van der Waals surface area contributed by atoms with E-state index < -0.39 is 0 Å². The third kappa shape index (κ3) is 9.30. The molecule has 0 aliphatic carbocycles. The summed E-state index contributed by atoms with van der Waals surface area (Å²) < 4.78 is 5.39. The maximum Gasteiger partial charge on any atom is 0.243 e. The Kier molecular flexibility index (Phi) is 12.9. The van der Waals surface area contributed by atoms with E-state index in [0.29, 0.717) is 19.0 Å². The van der Waals surface area contributed by atoms with E-state index in [0.717, 1.165) is 25.3 Å². The number of amides is 1. The Bertz CT molecular complexity index is 762. The molecular weight excluding hydrogens is 505 g/mol. The van der Waals surface area contributed by atoms with Crippen LogP contribution in [0.1, 0.15) is 31.2 Å². The summed E-state index contributed by atoms with van der Waals surface area (Å²) in [5.74, 6) is 1.51. The Morgan fingerprint density at radius 3 is 2.35 bits per heavy atom. The molecule has 2 aromatic rings. The first-order valence-electron chi connectivity index (χ1n) is 10.6. The van der Waals surface area contributed by atoms with Gasteiger partial charge in [0.1, 0.15) is 12.3 Å². The van der Waals surface area contributed by atoms with Crippen molar-refractivity contribution in [1.82, 2.24) is 20.4 Å². The predicted octanol–water partition coefficient (Wildman–Crippen LogP) is 3.15. The van der Waals surface area contributed by atoms with Gasteiger partial charge in [-0.25, -0.2) is 4.99 Å². The van der Waals surface area contributed by atoms with Gasteiger partial charge in [0.25, 0.3) is 0 Å². The number of hydrogen-bond acceptors (Lipinski definition) is 4. The summed E-state index contributed by atoms with van der Waals surface area (Å²) in [5, 5.41) is 6.76. The monoisotopic (exact) mass is 541 g/mol. The van der Waals surface area contributed by atoms with Crippen molar-refractivity contribution in [3.8, 4) is 0 Å². The minimum Gasteiger partial charge on any atom is -0.469 e. The molecule has 1 unspecified atom stereocenters. The smallest absolute Gasteiger partial charge is 0.243 e. The van der Waals surface area contributed by atoms with Gasteiger partial charge in [-0.2, -0.15) is 0 Å². The number of benzene rings is 1. The van der Waals surface area contributed by atoms with Crippen LogP contribution < -0.4 is 10.6 Å². The fourth-order valence-corrected chi connectivity index (χ4v) is 3.21. The number of nitrogens with zero attached hydrogens (tertiary/aromatic N) is 3. The van der Waals surface area contributed by atoms with Crippen molar-refractivity contribution in [1.29, 1.82) is 0 Å². The quantitative estimate of drug-likeness (QED) is 0.260. The maximum absolute atomic E-state index is 12.0. The first-order chi connectivity index (χ1) is 14.5. The molecule has 0 aliphatic heterocycles. The fourth-order valence-electron chi connectivity index (χ4n) is 3.21. The van der Waals surface area contributed by atoms with Gasteiger partial charge in [-0.1, -0.05) is 44.2 Å². The SMILES string of the molecule is CCN(CC)C(CNC(=NCC(=O)N(C)C)NCCc1ccco1)c1ccccc1.I. The molecule has 1 heterocycles. The lowest BCUT2D eigenvalue weighted by Gasteiger charge is -2.31. The number of guanidine groups is 1. The molecule has 7 nitrogen and oxygen atoms in total. The van der Waals surface area contributed by atoms with E-state index in [1.54, 1.807) is 25.3 Å². The van der Waals surface area contributed by atoms with Gasteiger partial charge in [0, 0.05) is 33.6 Å². The highest BCUT2D eigenvalue weighted by Gasteiger charge is 2.18. The van der Waals surface area contributed by atoms with Crippen LogP contribution in [0.3, 0.4) is 0 Å².